The number of imide groups is 1. The van der Waals surface area contributed by atoms with Gasteiger partial charge in [-0.3, -0.25) is 19.5 Å². The molecule has 2 aliphatic rings. The van der Waals surface area contributed by atoms with Crippen molar-refractivity contribution in [1.29, 1.82) is 0 Å². The molecule has 0 saturated carbocycles. The lowest BCUT2D eigenvalue weighted by molar-refractivity contribution is -0.143. The van der Waals surface area contributed by atoms with E-state index in [4.69, 9.17) is 9.72 Å². The molecule has 8 nitrogen and oxygen atoms in total. The Labute approximate surface area is 181 Å². The average molecular weight is 422 g/mol. The highest BCUT2D eigenvalue weighted by molar-refractivity contribution is 6.08. The Bertz CT molecular complexity index is 992. The quantitative estimate of drug-likeness (QED) is 0.743. The van der Waals surface area contributed by atoms with E-state index in [0.29, 0.717) is 26.1 Å². The van der Waals surface area contributed by atoms with E-state index in [0.717, 1.165) is 16.3 Å². The molecule has 1 aromatic carbocycles. The number of amides is 4. The van der Waals surface area contributed by atoms with E-state index in [9.17, 15) is 14.4 Å². The minimum Gasteiger partial charge on any atom is -0.368 e. The van der Waals surface area contributed by atoms with Gasteiger partial charge in [0.2, 0.25) is 5.91 Å². The highest BCUT2D eigenvalue weighted by Crippen LogP contribution is 2.23. The molecule has 0 unspecified atom stereocenters. The molecule has 1 aromatic heterocycles. The van der Waals surface area contributed by atoms with Crippen molar-refractivity contribution in [3.63, 3.8) is 0 Å². The molecule has 162 valence electrons. The molecule has 2 aliphatic heterocycles. The van der Waals surface area contributed by atoms with Gasteiger partial charge in [-0.1, -0.05) is 36.4 Å². The van der Waals surface area contributed by atoms with E-state index in [1.54, 1.807) is 18.7 Å². The number of hydrogen-bond acceptors (Lipinski definition) is 5. The van der Waals surface area contributed by atoms with Crippen LogP contribution in [0.25, 0.3) is 0 Å². The fourth-order valence-corrected chi connectivity index (χ4v) is 3.83. The smallest absolute Gasteiger partial charge is 0.325 e. The van der Waals surface area contributed by atoms with Gasteiger partial charge in [-0.25, -0.2) is 4.79 Å². The van der Waals surface area contributed by atoms with Gasteiger partial charge in [0.05, 0.1) is 18.8 Å². The molecule has 1 N–H and O–H groups in total. The van der Waals surface area contributed by atoms with Gasteiger partial charge >= 0.3 is 6.03 Å². The topological polar surface area (TPSA) is 91.8 Å². The maximum Gasteiger partial charge on any atom is 0.325 e. The molecule has 2 aromatic rings. The SMILES string of the molecule is CC1(C)NC(=O)N(CC(=O)N2CCO[C@H](c3cccc(Cc4ccccc4)n3)C2)C1=O. The lowest BCUT2D eigenvalue weighted by Gasteiger charge is -2.33. The normalized spacial score (nSPS) is 20.6. The molecular formula is C23H26N4O4. The summed E-state index contributed by atoms with van der Waals surface area (Å²) in [4.78, 5) is 44.6. The van der Waals surface area contributed by atoms with Gasteiger partial charge < -0.3 is 15.0 Å². The molecule has 31 heavy (non-hydrogen) atoms. The number of carbonyl (C=O) groups is 3. The number of carbonyl (C=O) groups excluding carboxylic acids is 3. The first-order chi connectivity index (χ1) is 14.8. The van der Waals surface area contributed by atoms with E-state index in [-0.39, 0.29) is 18.6 Å². The number of nitrogens with one attached hydrogen (secondary N) is 1. The maximum absolute atomic E-state index is 12.8. The second-order valence-electron chi connectivity index (χ2n) is 8.36. The predicted molar refractivity (Wildman–Crippen MR) is 113 cm³/mol. The number of aromatic nitrogens is 1. The number of benzene rings is 1. The number of ether oxygens (including phenoxy) is 1. The summed E-state index contributed by atoms with van der Waals surface area (Å²) in [5.74, 6) is -0.680. The summed E-state index contributed by atoms with van der Waals surface area (Å²) in [5, 5.41) is 2.59. The second-order valence-corrected chi connectivity index (χ2v) is 8.36. The van der Waals surface area contributed by atoms with Gasteiger partial charge in [0, 0.05) is 18.7 Å². The molecule has 1 atom stereocenters. The van der Waals surface area contributed by atoms with Crippen LogP contribution in [-0.2, 0) is 20.7 Å². The Morgan fingerprint density at radius 3 is 2.65 bits per heavy atom. The number of morpholine rings is 1. The molecule has 2 saturated heterocycles. The maximum atomic E-state index is 12.8. The summed E-state index contributed by atoms with van der Waals surface area (Å²) in [5.41, 5.74) is 1.87. The lowest BCUT2D eigenvalue weighted by Crippen LogP contribution is -2.48. The number of pyridine rings is 1. The number of rotatable bonds is 5. The number of urea groups is 1. The van der Waals surface area contributed by atoms with Gasteiger partial charge in [-0.05, 0) is 31.5 Å². The lowest BCUT2D eigenvalue weighted by atomic mass is 10.1. The summed E-state index contributed by atoms with van der Waals surface area (Å²) < 4.78 is 5.88. The molecule has 0 bridgehead atoms. The molecule has 4 rings (SSSR count). The summed E-state index contributed by atoms with van der Waals surface area (Å²) in [6.45, 7) is 4.07. The highest BCUT2D eigenvalue weighted by atomic mass is 16.5. The first kappa shape index (κ1) is 21.0. The zero-order chi connectivity index (χ0) is 22.0. The monoisotopic (exact) mass is 422 g/mol. The Kier molecular flexibility index (Phi) is 5.73. The molecule has 8 heteroatoms. The van der Waals surface area contributed by atoms with Gasteiger partial charge in [0.1, 0.15) is 18.2 Å². The fourth-order valence-electron chi connectivity index (χ4n) is 3.83. The van der Waals surface area contributed by atoms with Crippen LogP contribution in [0, 0.1) is 0 Å². The van der Waals surface area contributed by atoms with Gasteiger partial charge in [0.25, 0.3) is 5.91 Å². The average Bonchev–Trinajstić information content (AvgIpc) is 2.96. The van der Waals surface area contributed by atoms with E-state index in [2.05, 4.69) is 17.4 Å². The summed E-state index contributed by atoms with van der Waals surface area (Å²) >= 11 is 0. The molecule has 3 heterocycles. The Morgan fingerprint density at radius 1 is 1.16 bits per heavy atom. The van der Waals surface area contributed by atoms with Crippen LogP contribution < -0.4 is 5.32 Å². The van der Waals surface area contributed by atoms with E-state index in [1.807, 2.05) is 36.4 Å². The van der Waals surface area contributed by atoms with Crippen molar-refractivity contribution in [3.05, 3.63) is 65.5 Å². The summed E-state index contributed by atoms with van der Waals surface area (Å²) in [6, 6.07) is 15.4. The predicted octanol–water partition coefficient (Wildman–Crippen LogP) is 1.90. The molecule has 4 amide bonds. The van der Waals surface area contributed by atoms with Crippen molar-refractivity contribution in [3.8, 4) is 0 Å². The van der Waals surface area contributed by atoms with Crippen LogP contribution in [0.5, 0.6) is 0 Å². The Balaban J connectivity index is 1.42. The highest BCUT2D eigenvalue weighted by Gasteiger charge is 2.45. The third-order valence-electron chi connectivity index (χ3n) is 5.54. The molecule has 0 aliphatic carbocycles. The van der Waals surface area contributed by atoms with Crippen LogP contribution in [0.15, 0.2) is 48.5 Å². The molecular weight excluding hydrogens is 396 g/mol. The van der Waals surface area contributed by atoms with Crippen LogP contribution in [-0.4, -0.2) is 64.4 Å². The van der Waals surface area contributed by atoms with Crippen molar-refractivity contribution >= 4 is 17.8 Å². The van der Waals surface area contributed by atoms with Crippen LogP contribution >= 0.6 is 0 Å². The van der Waals surface area contributed by atoms with Crippen molar-refractivity contribution in [1.82, 2.24) is 20.1 Å². The fraction of sp³-hybridized carbons (Fsp3) is 0.391. The van der Waals surface area contributed by atoms with Crippen LogP contribution in [0.3, 0.4) is 0 Å². The summed E-state index contributed by atoms with van der Waals surface area (Å²) in [6.07, 6.45) is 0.361. The van der Waals surface area contributed by atoms with E-state index >= 15 is 0 Å². The van der Waals surface area contributed by atoms with Gasteiger partial charge in [-0.15, -0.1) is 0 Å². The van der Waals surface area contributed by atoms with Crippen LogP contribution in [0.4, 0.5) is 4.79 Å². The van der Waals surface area contributed by atoms with Crippen molar-refractivity contribution in [2.45, 2.75) is 31.9 Å². The Morgan fingerprint density at radius 2 is 1.94 bits per heavy atom. The zero-order valence-electron chi connectivity index (χ0n) is 17.7. The molecule has 0 spiro atoms. The molecule has 2 fully saturated rings. The van der Waals surface area contributed by atoms with Gasteiger partial charge in [0.15, 0.2) is 0 Å². The standard InChI is InChI=1S/C23H26N4O4/c1-23(2)21(29)27(22(30)25-23)15-20(28)26-11-12-31-19(14-26)18-10-6-9-17(24-18)13-16-7-4-3-5-8-16/h3-10,19H,11-15H2,1-2H3,(H,25,30)/t19-/m0/s1. The number of nitrogens with zero attached hydrogens (tertiary/aromatic N) is 3. The van der Waals surface area contributed by atoms with Crippen molar-refractivity contribution in [2.24, 2.45) is 0 Å². The Hall–Kier alpha value is -3.26. The largest absolute Gasteiger partial charge is 0.368 e. The zero-order valence-corrected chi connectivity index (χ0v) is 17.7. The summed E-state index contributed by atoms with van der Waals surface area (Å²) in [7, 11) is 0. The van der Waals surface area contributed by atoms with Gasteiger partial charge in [-0.2, -0.15) is 0 Å². The first-order valence-electron chi connectivity index (χ1n) is 10.4. The minimum atomic E-state index is -0.992. The van der Waals surface area contributed by atoms with Crippen molar-refractivity contribution < 1.29 is 19.1 Å². The third-order valence-corrected chi connectivity index (χ3v) is 5.54. The second kappa shape index (κ2) is 8.47. The van der Waals surface area contributed by atoms with Crippen molar-refractivity contribution in [2.75, 3.05) is 26.2 Å². The van der Waals surface area contributed by atoms with E-state index < -0.39 is 17.5 Å². The van der Waals surface area contributed by atoms with E-state index in [1.165, 1.54) is 5.56 Å². The van der Waals surface area contributed by atoms with Crippen LogP contribution in [0.1, 0.15) is 36.9 Å². The third kappa shape index (κ3) is 4.59. The first-order valence-corrected chi connectivity index (χ1v) is 10.4. The van der Waals surface area contributed by atoms with Crippen LogP contribution in [0.2, 0.25) is 0 Å². The minimum absolute atomic E-state index is 0.276. The molecule has 0 radical (unpaired) electrons. The number of hydrogen-bond donors (Lipinski definition) is 1.